The number of hydrogen-bond acceptors (Lipinski definition) is 6. The highest BCUT2D eigenvalue weighted by Crippen LogP contribution is 2.47. The van der Waals surface area contributed by atoms with Gasteiger partial charge in [-0.2, -0.15) is 0 Å². The lowest BCUT2D eigenvalue weighted by atomic mass is 9.90. The van der Waals surface area contributed by atoms with Crippen LogP contribution in [-0.4, -0.2) is 31.7 Å². The third-order valence-electron chi connectivity index (χ3n) is 4.00. The monoisotopic (exact) mass is 361 g/mol. The number of amides is 1. The molecular weight excluding hydrogens is 338 g/mol. The van der Waals surface area contributed by atoms with Crippen molar-refractivity contribution >= 4 is 28.2 Å². The summed E-state index contributed by atoms with van der Waals surface area (Å²) >= 11 is 1.55. The third kappa shape index (κ3) is 3.56. The number of thiazole rings is 1. The highest BCUT2D eigenvalue weighted by molar-refractivity contribution is 7.16. The Morgan fingerprint density at radius 3 is 2.92 bits per heavy atom. The third-order valence-corrected chi connectivity index (χ3v) is 5.18. The van der Waals surface area contributed by atoms with Gasteiger partial charge < -0.3 is 20.1 Å². The van der Waals surface area contributed by atoms with Crippen LogP contribution in [0.4, 0.5) is 10.9 Å². The van der Waals surface area contributed by atoms with E-state index in [4.69, 9.17) is 9.47 Å². The lowest BCUT2D eigenvalue weighted by molar-refractivity contribution is -0.116. The minimum atomic E-state index is -0.0967. The summed E-state index contributed by atoms with van der Waals surface area (Å²) < 4.78 is 11.6. The van der Waals surface area contributed by atoms with Crippen LogP contribution in [0, 0.1) is 5.92 Å². The molecule has 1 atom stereocenters. The molecule has 0 saturated carbocycles. The average Bonchev–Trinajstić information content (AvgIpc) is 3.01. The molecule has 7 heteroatoms. The number of carbonyl (C=O) groups excluding carboxylic acids is 1. The molecule has 0 saturated heterocycles. The minimum Gasteiger partial charge on any atom is -0.493 e. The summed E-state index contributed by atoms with van der Waals surface area (Å²) in [5.41, 5.74) is 0.961. The molecule has 1 aromatic carbocycles. The highest BCUT2D eigenvalue weighted by atomic mass is 32.1. The molecule has 1 amide bonds. The summed E-state index contributed by atoms with van der Waals surface area (Å²) in [4.78, 5) is 17.7. The Labute approximate surface area is 151 Å². The zero-order valence-corrected chi connectivity index (χ0v) is 15.7. The fourth-order valence-electron chi connectivity index (χ4n) is 2.85. The summed E-state index contributed by atoms with van der Waals surface area (Å²) in [6.45, 7) is 4.79. The first-order valence-electron chi connectivity index (χ1n) is 8.31. The molecule has 3 rings (SSSR count). The molecule has 2 N–H and O–H groups in total. The molecule has 0 bridgehead atoms. The molecule has 0 spiro atoms. The van der Waals surface area contributed by atoms with Crippen molar-refractivity contribution in [2.24, 2.45) is 5.92 Å². The second kappa shape index (κ2) is 7.31. The quantitative estimate of drug-likeness (QED) is 0.821. The molecule has 2 heterocycles. The number of carbonyl (C=O) groups is 1. The summed E-state index contributed by atoms with van der Waals surface area (Å²) in [5.74, 6) is 2.28. The summed E-state index contributed by atoms with van der Waals surface area (Å²) in [6.07, 6.45) is 0.365. The van der Waals surface area contributed by atoms with E-state index in [0.29, 0.717) is 36.3 Å². The van der Waals surface area contributed by atoms with Crippen LogP contribution < -0.4 is 20.1 Å². The molecule has 0 radical (unpaired) electrons. The first kappa shape index (κ1) is 17.5. The van der Waals surface area contributed by atoms with Crippen molar-refractivity contribution in [3.05, 3.63) is 28.6 Å². The van der Waals surface area contributed by atoms with Crippen molar-refractivity contribution < 1.29 is 14.3 Å². The summed E-state index contributed by atoms with van der Waals surface area (Å²) in [6, 6.07) is 5.82. The van der Waals surface area contributed by atoms with Crippen molar-refractivity contribution in [2.75, 3.05) is 31.4 Å². The second-order valence-corrected chi connectivity index (χ2v) is 7.40. The second-order valence-electron chi connectivity index (χ2n) is 6.37. The number of ether oxygens (including phenoxy) is 2. The molecule has 25 heavy (non-hydrogen) atoms. The number of methoxy groups -OCH3 is 1. The van der Waals surface area contributed by atoms with Crippen LogP contribution in [0.2, 0.25) is 0 Å². The maximum Gasteiger partial charge on any atom is 0.226 e. The Kier molecular flexibility index (Phi) is 5.13. The number of fused-ring (bicyclic) bond motifs is 1. The van der Waals surface area contributed by atoms with Crippen LogP contribution in [0.5, 0.6) is 11.5 Å². The van der Waals surface area contributed by atoms with Gasteiger partial charge in [-0.3, -0.25) is 4.79 Å². The van der Waals surface area contributed by atoms with Gasteiger partial charge in [0.25, 0.3) is 0 Å². The van der Waals surface area contributed by atoms with Gasteiger partial charge in [-0.1, -0.05) is 37.3 Å². The zero-order chi connectivity index (χ0) is 18.0. The number of anilines is 2. The number of rotatable bonds is 6. The van der Waals surface area contributed by atoms with Gasteiger partial charge in [-0.25, -0.2) is 4.98 Å². The van der Waals surface area contributed by atoms with E-state index in [1.54, 1.807) is 18.4 Å². The normalized spacial score (nSPS) is 16.4. The maximum absolute atomic E-state index is 12.2. The van der Waals surface area contributed by atoms with Crippen molar-refractivity contribution in [3.63, 3.8) is 0 Å². The number of aromatic nitrogens is 1. The highest BCUT2D eigenvalue weighted by Gasteiger charge is 2.33. The maximum atomic E-state index is 12.2. The topological polar surface area (TPSA) is 72.5 Å². The molecule has 0 aliphatic carbocycles. The van der Waals surface area contributed by atoms with Crippen molar-refractivity contribution in [1.82, 2.24) is 4.98 Å². The van der Waals surface area contributed by atoms with E-state index in [9.17, 15) is 4.79 Å². The first-order chi connectivity index (χ1) is 12.0. The van der Waals surface area contributed by atoms with Crippen molar-refractivity contribution in [1.29, 1.82) is 0 Å². The Bertz CT molecular complexity index is 773. The standard InChI is InChI=1S/C18H23N3O3S/c1-10(2)9-24-15-11(6-5-7-13(15)23-4)12-8-14(22)20-17-16(12)25-18(19-3)21-17/h5-7,10,12H,8-9H2,1-4H3,(H,19,21)(H,20,22). The predicted octanol–water partition coefficient (Wildman–Crippen LogP) is 3.70. The van der Waals surface area contributed by atoms with Gasteiger partial charge in [0.1, 0.15) is 5.82 Å². The average molecular weight is 361 g/mol. The lowest BCUT2D eigenvalue weighted by Crippen LogP contribution is -2.23. The van der Waals surface area contributed by atoms with Crippen LogP contribution in [0.3, 0.4) is 0 Å². The molecule has 0 fully saturated rings. The molecule has 2 aromatic rings. The van der Waals surface area contributed by atoms with Gasteiger partial charge in [-0.05, 0) is 12.0 Å². The van der Waals surface area contributed by atoms with E-state index in [0.717, 1.165) is 15.6 Å². The Hall–Kier alpha value is -2.28. The molecule has 1 aliphatic heterocycles. The van der Waals surface area contributed by atoms with Gasteiger partial charge in [0.05, 0.1) is 18.6 Å². The minimum absolute atomic E-state index is 0.0388. The van der Waals surface area contributed by atoms with E-state index in [1.807, 2.05) is 25.2 Å². The summed E-state index contributed by atoms with van der Waals surface area (Å²) in [7, 11) is 3.45. The molecule has 6 nitrogen and oxygen atoms in total. The number of nitrogens with one attached hydrogen (secondary N) is 2. The molecule has 1 aromatic heterocycles. The van der Waals surface area contributed by atoms with Crippen molar-refractivity contribution in [2.45, 2.75) is 26.2 Å². The van der Waals surface area contributed by atoms with E-state index in [1.165, 1.54) is 0 Å². The lowest BCUT2D eigenvalue weighted by Gasteiger charge is -2.25. The first-order valence-corrected chi connectivity index (χ1v) is 9.13. The zero-order valence-electron chi connectivity index (χ0n) is 14.9. The fourth-order valence-corrected chi connectivity index (χ4v) is 3.84. The summed E-state index contributed by atoms with van der Waals surface area (Å²) in [5, 5.41) is 6.69. The van der Waals surface area contributed by atoms with Gasteiger partial charge in [0.15, 0.2) is 16.6 Å². The van der Waals surface area contributed by atoms with E-state index >= 15 is 0 Å². The SMILES string of the molecule is CNc1nc2c(s1)C(c1cccc(OC)c1OCC(C)C)CC(=O)N2. The Balaban J connectivity index is 2.06. The van der Waals surface area contributed by atoms with Crippen LogP contribution in [0.25, 0.3) is 0 Å². The largest absolute Gasteiger partial charge is 0.493 e. The van der Waals surface area contributed by atoms with Crippen molar-refractivity contribution in [3.8, 4) is 11.5 Å². The van der Waals surface area contributed by atoms with Gasteiger partial charge >= 0.3 is 0 Å². The number of benzene rings is 1. The Morgan fingerprint density at radius 1 is 1.44 bits per heavy atom. The smallest absolute Gasteiger partial charge is 0.226 e. The molecular formula is C18H23N3O3S. The van der Waals surface area contributed by atoms with Gasteiger partial charge in [0.2, 0.25) is 5.91 Å². The van der Waals surface area contributed by atoms with Crippen LogP contribution >= 0.6 is 11.3 Å². The fraction of sp³-hybridized carbons (Fsp3) is 0.444. The molecule has 134 valence electrons. The van der Waals surface area contributed by atoms with E-state index in [-0.39, 0.29) is 11.8 Å². The van der Waals surface area contributed by atoms with Gasteiger partial charge in [0, 0.05) is 24.9 Å². The van der Waals surface area contributed by atoms with Crippen LogP contribution in [0.1, 0.15) is 36.6 Å². The van der Waals surface area contributed by atoms with E-state index < -0.39 is 0 Å². The number of hydrogen-bond donors (Lipinski definition) is 2. The molecule has 1 aliphatic rings. The number of nitrogens with zero attached hydrogens (tertiary/aromatic N) is 1. The Morgan fingerprint density at radius 2 is 2.24 bits per heavy atom. The molecule has 1 unspecified atom stereocenters. The van der Waals surface area contributed by atoms with E-state index in [2.05, 4.69) is 29.5 Å². The van der Waals surface area contributed by atoms with Gasteiger partial charge in [-0.15, -0.1) is 0 Å². The predicted molar refractivity (Wildman–Crippen MR) is 100 cm³/mol. The van der Waals surface area contributed by atoms with Crippen LogP contribution in [0.15, 0.2) is 18.2 Å². The van der Waals surface area contributed by atoms with Crippen LogP contribution in [-0.2, 0) is 4.79 Å². The number of para-hydroxylation sites is 1.